The molecule has 1 atom stereocenters. The van der Waals surface area contributed by atoms with Crippen molar-refractivity contribution in [3.8, 4) is 5.75 Å². The molecule has 1 N–H and O–H groups in total. The summed E-state index contributed by atoms with van der Waals surface area (Å²) < 4.78 is 10.9. The summed E-state index contributed by atoms with van der Waals surface area (Å²) in [5.41, 5.74) is 2.06. The zero-order chi connectivity index (χ0) is 25.9. The number of carbonyl (C=O) groups is 2. The summed E-state index contributed by atoms with van der Waals surface area (Å²) in [6.45, 7) is 11.0. The number of amides is 1. The van der Waals surface area contributed by atoms with Crippen molar-refractivity contribution in [2.24, 2.45) is 0 Å². The van der Waals surface area contributed by atoms with Crippen LogP contribution in [0.15, 0.2) is 48.0 Å². The molecular weight excluding hydrogens is 466 g/mol. The van der Waals surface area contributed by atoms with Crippen LogP contribution in [0.25, 0.3) is 5.76 Å². The molecule has 1 unspecified atom stereocenters. The predicted molar refractivity (Wildman–Crippen MR) is 138 cm³/mol. The Hall–Kier alpha value is -2.83. The van der Waals surface area contributed by atoms with Gasteiger partial charge in [0, 0.05) is 18.7 Å². The quantitative estimate of drug-likeness (QED) is 0.212. The average molecular weight is 500 g/mol. The van der Waals surface area contributed by atoms with Crippen molar-refractivity contribution in [2.45, 2.75) is 58.6 Å². The number of ether oxygens (including phenoxy) is 2. The van der Waals surface area contributed by atoms with Gasteiger partial charge in [-0.05, 0) is 55.0 Å². The van der Waals surface area contributed by atoms with E-state index >= 15 is 0 Å². The highest BCUT2D eigenvalue weighted by Gasteiger charge is 2.46. The van der Waals surface area contributed by atoms with E-state index < -0.39 is 17.7 Å². The van der Waals surface area contributed by atoms with Crippen molar-refractivity contribution in [1.82, 2.24) is 4.90 Å². The molecule has 0 aliphatic carbocycles. The summed E-state index contributed by atoms with van der Waals surface area (Å²) >= 11 is 6.37. The fourth-order valence-electron chi connectivity index (χ4n) is 4.13. The first-order valence-electron chi connectivity index (χ1n) is 11.8. The number of likely N-dealkylation sites (tertiary alicyclic amines) is 1. The van der Waals surface area contributed by atoms with Crippen LogP contribution in [0.2, 0.25) is 5.02 Å². The Labute approximate surface area is 212 Å². The van der Waals surface area contributed by atoms with Crippen LogP contribution in [-0.4, -0.2) is 48.1 Å². The maximum atomic E-state index is 13.2. The molecule has 1 saturated heterocycles. The molecule has 2 aromatic rings. The first-order chi connectivity index (χ1) is 16.5. The molecule has 2 aromatic carbocycles. The molecule has 1 aliphatic rings. The fourth-order valence-corrected chi connectivity index (χ4v) is 4.34. The number of hydrogen-bond donors (Lipinski definition) is 1. The summed E-state index contributed by atoms with van der Waals surface area (Å²) in [6.07, 6.45) is 0.628. The van der Waals surface area contributed by atoms with Crippen molar-refractivity contribution < 1.29 is 24.2 Å². The van der Waals surface area contributed by atoms with Gasteiger partial charge in [0.2, 0.25) is 0 Å². The number of aliphatic hydroxyl groups excluding tert-OH is 1. The number of ketones is 1. The highest BCUT2D eigenvalue weighted by molar-refractivity contribution is 6.47. The number of aliphatic hydroxyl groups is 1. The number of carbonyl (C=O) groups excluding carboxylic acids is 2. The van der Waals surface area contributed by atoms with E-state index in [9.17, 15) is 14.7 Å². The predicted octanol–water partition coefficient (Wildman–Crippen LogP) is 5.88. The molecule has 188 valence electrons. The molecule has 1 amide bonds. The molecule has 0 spiro atoms. The van der Waals surface area contributed by atoms with Gasteiger partial charge < -0.3 is 19.5 Å². The van der Waals surface area contributed by atoms with E-state index in [0.717, 1.165) is 11.1 Å². The highest BCUT2D eigenvalue weighted by atomic mass is 35.5. The van der Waals surface area contributed by atoms with E-state index in [1.807, 2.05) is 38.1 Å². The Bertz CT molecular complexity index is 1120. The first kappa shape index (κ1) is 26.8. The molecule has 7 heteroatoms. The molecule has 0 radical (unpaired) electrons. The largest absolute Gasteiger partial charge is 0.507 e. The number of rotatable bonds is 8. The smallest absolute Gasteiger partial charge is 0.295 e. The van der Waals surface area contributed by atoms with Crippen molar-refractivity contribution in [3.05, 3.63) is 69.8 Å². The highest BCUT2D eigenvalue weighted by Crippen LogP contribution is 2.41. The zero-order valence-corrected chi connectivity index (χ0v) is 22.0. The van der Waals surface area contributed by atoms with Gasteiger partial charge in [0.25, 0.3) is 11.7 Å². The zero-order valence-electron chi connectivity index (χ0n) is 21.2. The summed E-state index contributed by atoms with van der Waals surface area (Å²) in [7, 11) is 1.50. The van der Waals surface area contributed by atoms with Crippen LogP contribution < -0.4 is 4.74 Å². The van der Waals surface area contributed by atoms with Crippen LogP contribution in [0.1, 0.15) is 63.8 Å². The average Bonchev–Trinajstić information content (AvgIpc) is 3.06. The summed E-state index contributed by atoms with van der Waals surface area (Å²) in [5.74, 6) is -1.24. The molecule has 0 bridgehead atoms. The summed E-state index contributed by atoms with van der Waals surface area (Å²) in [6, 6.07) is 11.9. The van der Waals surface area contributed by atoms with Crippen molar-refractivity contribution in [3.63, 3.8) is 0 Å². The molecule has 1 fully saturated rings. The van der Waals surface area contributed by atoms with Gasteiger partial charge in [-0.15, -0.1) is 0 Å². The summed E-state index contributed by atoms with van der Waals surface area (Å²) in [5, 5.41) is 11.6. The minimum atomic E-state index is -0.745. The molecule has 6 nitrogen and oxygen atoms in total. The second-order valence-electron chi connectivity index (χ2n) is 9.98. The minimum Gasteiger partial charge on any atom is -0.507 e. The van der Waals surface area contributed by atoms with Crippen LogP contribution in [0, 0.1) is 0 Å². The number of methoxy groups -OCH3 is 1. The molecule has 0 saturated carbocycles. The monoisotopic (exact) mass is 499 g/mol. The number of nitrogens with zero attached hydrogens (tertiary/aromatic N) is 1. The Kier molecular flexibility index (Phi) is 8.29. The fraction of sp³-hybridized carbons (Fsp3) is 0.429. The van der Waals surface area contributed by atoms with Gasteiger partial charge in [0.05, 0.1) is 29.9 Å². The lowest BCUT2D eigenvalue weighted by Gasteiger charge is -2.26. The van der Waals surface area contributed by atoms with Crippen LogP contribution in [0.3, 0.4) is 0 Å². The van der Waals surface area contributed by atoms with Gasteiger partial charge in [0.15, 0.2) is 0 Å². The van der Waals surface area contributed by atoms with Crippen molar-refractivity contribution in [2.75, 3.05) is 20.3 Å². The van der Waals surface area contributed by atoms with E-state index in [1.165, 1.54) is 12.0 Å². The number of hydrogen-bond acceptors (Lipinski definition) is 5. The first-order valence-corrected chi connectivity index (χ1v) is 12.2. The molecular formula is C28H34ClNO5. The maximum absolute atomic E-state index is 13.2. The van der Waals surface area contributed by atoms with E-state index in [-0.39, 0.29) is 33.4 Å². The van der Waals surface area contributed by atoms with Crippen molar-refractivity contribution >= 4 is 29.1 Å². The van der Waals surface area contributed by atoms with Crippen LogP contribution in [0.4, 0.5) is 0 Å². The number of benzene rings is 2. The normalized spacial score (nSPS) is 17.9. The van der Waals surface area contributed by atoms with Crippen LogP contribution in [0.5, 0.6) is 5.75 Å². The Morgan fingerprint density at radius 2 is 1.77 bits per heavy atom. The standard InChI is InChI=1S/C28H34ClNO5/c1-17(2)35-15-7-14-30-24(18-8-10-19(11-9-18)28(3,4)5)23(26(32)27(30)33)25(31)21-16-20(34-6)12-13-22(21)29/h8-13,16-17,24,31H,7,14-15H2,1-6H3/b25-23+. The SMILES string of the molecule is COc1ccc(Cl)c(/C(O)=C2\C(=O)C(=O)N(CCCOC(C)C)C2c2ccc(C(C)(C)C)cc2)c1. The van der Waals surface area contributed by atoms with E-state index in [2.05, 4.69) is 20.8 Å². The number of Topliss-reactive ketones (excluding diaryl/α,β-unsaturated/α-hetero) is 1. The van der Waals surface area contributed by atoms with Gasteiger partial charge in [-0.25, -0.2) is 0 Å². The number of halogens is 1. The van der Waals surface area contributed by atoms with E-state index in [1.54, 1.807) is 18.2 Å². The van der Waals surface area contributed by atoms with Gasteiger partial charge >= 0.3 is 0 Å². The molecule has 1 heterocycles. The van der Waals surface area contributed by atoms with E-state index in [0.29, 0.717) is 25.3 Å². The van der Waals surface area contributed by atoms with Gasteiger partial charge in [0.1, 0.15) is 11.5 Å². The topological polar surface area (TPSA) is 76.1 Å². The molecule has 1 aliphatic heterocycles. The van der Waals surface area contributed by atoms with Crippen LogP contribution in [-0.2, 0) is 19.7 Å². The lowest BCUT2D eigenvalue weighted by molar-refractivity contribution is -0.140. The van der Waals surface area contributed by atoms with Crippen molar-refractivity contribution in [1.29, 1.82) is 0 Å². The molecule has 35 heavy (non-hydrogen) atoms. The van der Waals surface area contributed by atoms with Crippen LogP contribution >= 0.6 is 11.6 Å². The second-order valence-corrected chi connectivity index (χ2v) is 10.4. The third-order valence-electron chi connectivity index (χ3n) is 6.06. The van der Waals surface area contributed by atoms with Gasteiger partial charge in [-0.2, -0.15) is 0 Å². The third-order valence-corrected chi connectivity index (χ3v) is 6.39. The third kappa shape index (κ3) is 5.88. The Morgan fingerprint density at radius 1 is 1.11 bits per heavy atom. The van der Waals surface area contributed by atoms with Gasteiger partial charge in [-0.3, -0.25) is 9.59 Å². The van der Waals surface area contributed by atoms with E-state index in [4.69, 9.17) is 21.1 Å². The second kappa shape index (κ2) is 10.8. The molecule has 0 aromatic heterocycles. The summed E-state index contributed by atoms with van der Waals surface area (Å²) in [4.78, 5) is 27.9. The Balaban J connectivity index is 2.11. The maximum Gasteiger partial charge on any atom is 0.295 e. The Morgan fingerprint density at radius 3 is 2.34 bits per heavy atom. The lowest BCUT2D eigenvalue weighted by atomic mass is 9.85. The van der Waals surface area contributed by atoms with Gasteiger partial charge in [-0.1, -0.05) is 56.6 Å². The minimum absolute atomic E-state index is 0.0124. The lowest BCUT2D eigenvalue weighted by Crippen LogP contribution is -2.31. The molecule has 3 rings (SSSR count).